The Morgan fingerprint density at radius 3 is 2.85 bits per heavy atom. The van der Waals surface area contributed by atoms with Crippen LogP contribution in [0.4, 0.5) is 5.13 Å². The van der Waals surface area contributed by atoms with Gasteiger partial charge in [0, 0.05) is 17.6 Å². The Kier molecular flexibility index (Phi) is 6.38. The summed E-state index contributed by atoms with van der Waals surface area (Å²) in [6.07, 6.45) is 2.52. The van der Waals surface area contributed by atoms with Crippen molar-refractivity contribution in [2.24, 2.45) is 0 Å². The van der Waals surface area contributed by atoms with E-state index in [1.165, 1.54) is 11.3 Å². The molecule has 0 atom stereocenters. The van der Waals surface area contributed by atoms with Gasteiger partial charge in [-0.3, -0.25) is 9.78 Å². The van der Waals surface area contributed by atoms with E-state index in [4.69, 9.17) is 27.9 Å². The first-order valence-corrected chi connectivity index (χ1v) is 9.31. The third-order valence-corrected chi connectivity index (χ3v) is 4.65. The van der Waals surface area contributed by atoms with E-state index in [2.05, 4.69) is 20.5 Å². The smallest absolute Gasteiger partial charge is 0.226 e. The third kappa shape index (κ3) is 5.14. The number of ether oxygens (including phenoxy) is 1. The number of hydrogen-bond acceptors (Lipinski definition) is 6. The molecule has 1 N–H and O–H groups in total. The highest BCUT2D eigenvalue weighted by Gasteiger charge is 2.10. The molecule has 0 aliphatic rings. The van der Waals surface area contributed by atoms with Gasteiger partial charge >= 0.3 is 0 Å². The molecule has 0 spiro atoms. The number of benzene rings is 1. The zero-order valence-electron chi connectivity index (χ0n) is 13.5. The molecule has 3 rings (SSSR count). The monoisotopic (exact) mass is 408 g/mol. The van der Waals surface area contributed by atoms with E-state index < -0.39 is 0 Å². The van der Waals surface area contributed by atoms with Crippen molar-refractivity contribution in [1.82, 2.24) is 15.2 Å². The Bertz CT molecular complexity index is 889. The van der Waals surface area contributed by atoms with Crippen molar-refractivity contribution in [3.05, 3.63) is 52.6 Å². The maximum absolute atomic E-state index is 12.0. The average molecular weight is 409 g/mol. The number of halogens is 2. The van der Waals surface area contributed by atoms with E-state index in [1.807, 2.05) is 18.2 Å². The number of carbonyl (C=O) groups excluding carboxylic acids is 1. The molecule has 0 saturated heterocycles. The third-order valence-electron chi connectivity index (χ3n) is 3.26. The second-order valence-corrected chi connectivity index (χ2v) is 7.02. The molecule has 0 aliphatic carbocycles. The van der Waals surface area contributed by atoms with Gasteiger partial charge in [0.1, 0.15) is 11.4 Å². The largest absolute Gasteiger partial charge is 0.492 e. The van der Waals surface area contributed by atoms with Crippen molar-refractivity contribution < 1.29 is 9.53 Å². The topological polar surface area (TPSA) is 77.0 Å². The molecular weight excluding hydrogens is 395 g/mol. The van der Waals surface area contributed by atoms with Gasteiger partial charge in [-0.2, -0.15) is 0 Å². The number of anilines is 1. The fourth-order valence-corrected chi connectivity index (χ4v) is 3.26. The van der Waals surface area contributed by atoms with E-state index in [9.17, 15) is 4.79 Å². The van der Waals surface area contributed by atoms with Gasteiger partial charge in [-0.1, -0.05) is 40.6 Å². The maximum Gasteiger partial charge on any atom is 0.226 e. The van der Waals surface area contributed by atoms with Crippen molar-refractivity contribution in [3.63, 3.8) is 0 Å². The van der Waals surface area contributed by atoms with Crippen LogP contribution in [-0.4, -0.2) is 27.7 Å². The zero-order chi connectivity index (χ0) is 18.4. The lowest BCUT2D eigenvalue weighted by Crippen LogP contribution is -2.12. The summed E-state index contributed by atoms with van der Waals surface area (Å²) in [4.78, 5) is 16.2. The predicted octanol–water partition coefficient (Wildman–Crippen LogP) is 4.70. The molecular formula is C17H14Cl2N4O2S. The summed E-state index contributed by atoms with van der Waals surface area (Å²) in [5, 5.41) is 12.8. The van der Waals surface area contributed by atoms with Gasteiger partial charge in [-0.25, -0.2) is 0 Å². The van der Waals surface area contributed by atoms with Crippen LogP contribution in [0, 0.1) is 0 Å². The molecule has 0 aliphatic heterocycles. The standard InChI is InChI=1S/C17H14Cl2N4O2S/c18-11-6-7-14(12(19)10-11)25-9-3-5-15(24)21-17-23-22-16(26-17)13-4-1-2-8-20-13/h1-2,4,6-8,10H,3,5,9H2,(H,21,23,24). The zero-order valence-corrected chi connectivity index (χ0v) is 15.8. The minimum atomic E-state index is -0.153. The number of nitrogens with zero attached hydrogens (tertiary/aromatic N) is 3. The van der Waals surface area contributed by atoms with Crippen LogP contribution >= 0.6 is 34.5 Å². The van der Waals surface area contributed by atoms with Crippen molar-refractivity contribution in [3.8, 4) is 16.5 Å². The Labute approximate surface area is 164 Å². The molecule has 1 aromatic carbocycles. The Morgan fingerprint density at radius 2 is 2.08 bits per heavy atom. The van der Waals surface area contributed by atoms with Crippen LogP contribution in [0.3, 0.4) is 0 Å². The first-order chi connectivity index (χ1) is 12.6. The molecule has 3 aromatic rings. The van der Waals surface area contributed by atoms with Gasteiger partial charge < -0.3 is 10.1 Å². The molecule has 2 heterocycles. The lowest BCUT2D eigenvalue weighted by Gasteiger charge is -2.07. The molecule has 0 radical (unpaired) electrons. The quantitative estimate of drug-likeness (QED) is 0.572. The normalized spacial score (nSPS) is 10.5. The Morgan fingerprint density at radius 1 is 1.19 bits per heavy atom. The number of pyridine rings is 1. The van der Waals surface area contributed by atoms with Crippen LogP contribution in [0.25, 0.3) is 10.7 Å². The summed E-state index contributed by atoms with van der Waals surface area (Å²) < 4.78 is 5.55. The molecule has 0 bridgehead atoms. The van der Waals surface area contributed by atoms with Gasteiger partial charge in [0.2, 0.25) is 11.0 Å². The minimum absolute atomic E-state index is 0.153. The van der Waals surface area contributed by atoms with Crippen molar-refractivity contribution in [1.29, 1.82) is 0 Å². The van der Waals surface area contributed by atoms with Gasteiger partial charge in [0.15, 0.2) is 5.01 Å². The predicted molar refractivity (Wildman–Crippen MR) is 103 cm³/mol. The van der Waals surface area contributed by atoms with E-state index in [-0.39, 0.29) is 5.91 Å². The fraction of sp³-hybridized carbons (Fsp3) is 0.176. The van der Waals surface area contributed by atoms with E-state index in [1.54, 1.807) is 24.4 Å². The van der Waals surface area contributed by atoms with E-state index in [0.29, 0.717) is 45.4 Å². The summed E-state index contributed by atoms with van der Waals surface area (Å²) in [6.45, 7) is 0.365. The summed E-state index contributed by atoms with van der Waals surface area (Å²) in [7, 11) is 0. The van der Waals surface area contributed by atoms with Crippen LogP contribution in [0.5, 0.6) is 5.75 Å². The number of aromatic nitrogens is 3. The molecule has 0 unspecified atom stereocenters. The molecule has 26 heavy (non-hydrogen) atoms. The molecule has 1 amide bonds. The first-order valence-electron chi connectivity index (χ1n) is 7.74. The van der Waals surface area contributed by atoms with E-state index in [0.717, 1.165) is 5.69 Å². The van der Waals surface area contributed by atoms with Gasteiger partial charge in [0.25, 0.3) is 0 Å². The summed E-state index contributed by atoms with van der Waals surface area (Å²) >= 11 is 13.1. The van der Waals surface area contributed by atoms with E-state index >= 15 is 0 Å². The second-order valence-electron chi connectivity index (χ2n) is 5.20. The van der Waals surface area contributed by atoms with Crippen LogP contribution in [0.15, 0.2) is 42.6 Å². The van der Waals surface area contributed by atoms with Crippen molar-refractivity contribution in [2.45, 2.75) is 12.8 Å². The molecule has 2 aromatic heterocycles. The van der Waals surface area contributed by atoms with Crippen LogP contribution in [-0.2, 0) is 4.79 Å². The Balaban J connectivity index is 1.44. The van der Waals surface area contributed by atoms with Crippen LogP contribution in [0.1, 0.15) is 12.8 Å². The van der Waals surface area contributed by atoms with Crippen LogP contribution in [0.2, 0.25) is 10.0 Å². The SMILES string of the molecule is O=C(CCCOc1ccc(Cl)cc1Cl)Nc1nnc(-c2ccccn2)s1. The molecule has 6 nitrogen and oxygen atoms in total. The molecule has 0 fully saturated rings. The number of rotatable bonds is 7. The number of amides is 1. The summed E-state index contributed by atoms with van der Waals surface area (Å²) in [5.74, 6) is 0.389. The first kappa shape index (κ1) is 18.6. The maximum atomic E-state index is 12.0. The summed E-state index contributed by atoms with van der Waals surface area (Å²) in [5.41, 5.74) is 0.721. The van der Waals surface area contributed by atoms with Crippen LogP contribution < -0.4 is 10.1 Å². The second kappa shape index (κ2) is 8.93. The average Bonchev–Trinajstić information content (AvgIpc) is 3.09. The van der Waals surface area contributed by atoms with Crippen molar-refractivity contribution in [2.75, 3.05) is 11.9 Å². The molecule has 9 heteroatoms. The van der Waals surface area contributed by atoms with Gasteiger partial charge in [0.05, 0.1) is 11.6 Å². The molecule has 134 valence electrons. The number of nitrogens with one attached hydrogen (secondary N) is 1. The molecule has 0 saturated carbocycles. The lowest BCUT2D eigenvalue weighted by atomic mass is 10.3. The van der Waals surface area contributed by atoms with Gasteiger partial charge in [-0.05, 0) is 36.8 Å². The summed E-state index contributed by atoms with van der Waals surface area (Å²) in [6, 6.07) is 10.5. The Hall–Kier alpha value is -2.22. The fourth-order valence-electron chi connectivity index (χ4n) is 2.06. The highest BCUT2D eigenvalue weighted by Crippen LogP contribution is 2.27. The highest BCUT2D eigenvalue weighted by atomic mass is 35.5. The minimum Gasteiger partial charge on any atom is -0.492 e. The van der Waals surface area contributed by atoms with Gasteiger partial charge in [-0.15, -0.1) is 10.2 Å². The van der Waals surface area contributed by atoms with Crippen molar-refractivity contribution >= 4 is 45.6 Å². The lowest BCUT2D eigenvalue weighted by molar-refractivity contribution is -0.116. The number of carbonyl (C=O) groups is 1. The number of hydrogen-bond donors (Lipinski definition) is 1. The highest BCUT2D eigenvalue weighted by molar-refractivity contribution is 7.18.